The van der Waals surface area contributed by atoms with Crippen LogP contribution in [0.3, 0.4) is 0 Å². The second-order valence-electron chi connectivity index (χ2n) is 18.4. The van der Waals surface area contributed by atoms with Crippen LogP contribution in [0.2, 0.25) is 0 Å². The van der Waals surface area contributed by atoms with E-state index in [-0.39, 0.29) is 37.5 Å². The third-order valence-electron chi connectivity index (χ3n) is 11.7. The fraction of sp³-hybridized carbons (Fsp3) is 0.667. The van der Waals surface area contributed by atoms with Crippen LogP contribution in [0.15, 0.2) is 109 Å². The molecule has 0 aliphatic heterocycles. The van der Waals surface area contributed by atoms with Gasteiger partial charge in [-0.2, -0.15) is 0 Å². The number of unbranched alkanes of at least 4 members (excludes halogenated alkanes) is 21. The second-order valence-corrected chi connectivity index (χ2v) is 18.4. The van der Waals surface area contributed by atoms with Crippen LogP contribution in [-0.2, 0) is 28.6 Å². The summed E-state index contributed by atoms with van der Waals surface area (Å²) >= 11 is 0. The largest absolute Gasteiger partial charge is 0.462 e. The zero-order valence-electron chi connectivity index (χ0n) is 44.8. The highest BCUT2D eigenvalue weighted by Crippen LogP contribution is 2.14. The van der Waals surface area contributed by atoms with Gasteiger partial charge in [0.25, 0.3) is 0 Å². The lowest BCUT2D eigenvalue weighted by Crippen LogP contribution is -2.30. The molecule has 0 aromatic rings. The molecule has 69 heavy (non-hydrogen) atoms. The predicted octanol–water partition coefficient (Wildman–Crippen LogP) is 19.1. The number of allylic oxidation sites excluding steroid dienone is 18. The molecule has 0 spiro atoms. The highest BCUT2D eigenvalue weighted by molar-refractivity contribution is 5.71. The van der Waals surface area contributed by atoms with Gasteiger partial charge >= 0.3 is 17.9 Å². The van der Waals surface area contributed by atoms with Crippen molar-refractivity contribution in [1.82, 2.24) is 0 Å². The zero-order chi connectivity index (χ0) is 50.0. The third-order valence-corrected chi connectivity index (χ3v) is 11.7. The SMILES string of the molecule is CC/C=C\C/C=C\C/C=C\C/C=C\C/C=C\CCCCCCCCCCCC(=O)OCC(COC(=O)CCCCCCC/C=C\CCCCCC)OC(=O)CCCCC/C=C\C/C=C\C/C=C\CC. The fourth-order valence-electron chi connectivity index (χ4n) is 7.54. The van der Waals surface area contributed by atoms with Gasteiger partial charge in [0, 0.05) is 19.3 Å². The molecule has 6 heteroatoms. The normalized spacial score (nSPS) is 12.9. The molecule has 1 unspecified atom stereocenters. The molecule has 0 rings (SSSR count). The Kier molecular flexibility index (Phi) is 53.4. The zero-order valence-corrected chi connectivity index (χ0v) is 44.8. The molecule has 0 fully saturated rings. The van der Waals surface area contributed by atoms with Gasteiger partial charge in [0.2, 0.25) is 0 Å². The van der Waals surface area contributed by atoms with Crippen LogP contribution >= 0.6 is 0 Å². The van der Waals surface area contributed by atoms with Crippen molar-refractivity contribution in [2.24, 2.45) is 0 Å². The van der Waals surface area contributed by atoms with Gasteiger partial charge in [-0.1, -0.05) is 220 Å². The molecule has 392 valence electrons. The second kappa shape index (κ2) is 56.7. The van der Waals surface area contributed by atoms with Crippen LogP contribution in [0.25, 0.3) is 0 Å². The molecule has 0 heterocycles. The quantitative estimate of drug-likeness (QED) is 0.0262. The van der Waals surface area contributed by atoms with Gasteiger partial charge in [-0.25, -0.2) is 0 Å². The summed E-state index contributed by atoms with van der Waals surface area (Å²) < 4.78 is 16.8. The Bertz CT molecular complexity index is 1420. The summed E-state index contributed by atoms with van der Waals surface area (Å²) in [6.07, 6.45) is 76.5. The van der Waals surface area contributed by atoms with E-state index in [4.69, 9.17) is 14.2 Å². The number of carbonyl (C=O) groups excluding carboxylic acids is 3. The minimum Gasteiger partial charge on any atom is -0.462 e. The minimum atomic E-state index is -0.800. The highest BCUT2D eigenvalue weighted by Gasteiger charge is 2.19. The van der Waals surface area contributed by atoms with E-state index >= 15 is 0 Å². The maximum Gasteiger partial charge on any atom is 0.306 e. The Hall–Kier alpha value is -3.93. The fourth-order valence-corrected chi connectivity index (χ4v) is 7.54. The van der Waals surface area contributed by atoms with Crippen LogP contribution in [0.5, 0.6) is 0 Å². The summed E-state index contributed by atoms with van der Waals surface area (Å²) in [7, 11) is 0. The van der Waals surface area contributed by atoms with Gasteiger partial charge in [-0.15, -0.1) is 0 Å². The van der Waals surface area contributed by atoms with Gasteiger partial charge in [-0.05, 0) is 122 Å². The van der Waals surface area contributed by atoms with Crippen LogP contribution in [0, 0.1) is 0 Å². The molecule has 0 radical (unpaired) electrons. The lowest BCUT2D eigenvalue weighted by Gasteiger charge is -2.18. The number of hydrogen-bond donors (Lipinski definition) is 0. The summed E-state index contributed by atoms with van der Waals surface area (Å²) in [6, 6.07) is 0. The van der Waals surface area contributed by atoms with E-state index in [9.17, 15) is 14.4 Å². The maximum absolute atomic E-state index is 12.8. The number of carbonyl (C=O) groups is 3. The molecule has 6 nitrogen and oxygen atoms in total. The molecule has 0 aromatic heterocycles. The molecule has 0 amide bonds. The van der Waals surface area contributed by atoms with Crippen molar-refractivity contribution < 1.29 is 28.6 Å². The molecule has 0 saturated heterocycles. The summed E-state index contributed by atoms with van der Waals surface area (Å²) in [5.41, 5.74) is 0. The Labute approximate surface area is 425 Å². The number of ether oxygens (including phenoxy) is 3. The Morgan fingerprint density at radius 2 is 0.565 bits per heavy atom. The Balaban J connectivity index is 4.34. The van der Waals surface area contributed by atoms with Gasteiger partial charge < -0.3 is 14.2 Å². The van der Waals surface area contributed by atoms with Crippen molar-refractivity contribution in [2.75, 3.05) is 13.2 Å². The van der Waals surface area contributed by atoms with E-state index in [1.54, 1.807) is 0 Å². The number of hydrogen-bond acceptors (Lipinski definition) is 6. The van der Waals surface area contributed by atoms with Gasteiger partial charge in [0.15, 0.2) is 6.10 Å². The topological polar surface area (TPSA) is 78.9 Å². The average molecular weight is 958 g/mol. The summed E-state index contributed by atoms with van der Waals surface area (Å²) in [5, 5.41) is 0. The molecule has 0 bridgehead atoms. The predicted molar refractivity (Wildman–Crippen MR) is 297 cm³/mol. The van der Waals surface area contributed by atoms with Gasteiger partial charge in [0.05, 0.1) is 0 Å². The average Bonchev–Trinajstić information content (AvgIpc) is 3.35. The van der Waals surface area contributed by atoms with E-state index < -0.39 is 6.10 Å². The van der Waals surface area contributed by atoms with E-state index in [1.165, 1.54) is 77.0 Å². The number of esters is 3. The lowest BCUT2D eigenvalue weighted by molar-refractivity contribution is -0.167. The van der Waals surface area contributed by atoms with Crippen molar-refractivity contribution in [3.8, 4) is 0 Å². The van der Waals surface area contributed by atoms with E-state index in [0.717, 1.165) is 135 Å². The van der Waals surface area contributed by atoms with Crippen LogP contribution in [-0.4, -0.2) is 37.2 Å². The smallest absolute Gasteiger partial charge is 0.306 e. The van der Waals surface area contributed by atoms with E-state index in [0.29, 0.717) is 12.8 Å². The Morgan fingerprint density at radius 1 is 0.304 bits per heavy atom. The summed E-state index contributed by atoms with van der Waals surface area (Å²) in [4.78, 5) is 38.1. The summed E-state index contributed by atoms with van der Waals surface area (Å²) in [6.45, 7) is 6.36. The van der Waals surface area contributed by atoms with E-state index in [1.807, 2.05) is 0 Å². The molecule has 0 saturated carbocycles. The van der Waals surface area contributed by atoms with Crippen LogP contribution < -0.4 is 0 Å². The number of rotatable bonds is 50. The first-order valence-corrected chi connectivity index (χ1v) is 28.4. The molecule has 0 aliphatic rings. The first-order valence-electron chi connectivity index (χ1n) is 28.4. The molecule has 1 atom stereocenters. The molecular weight excluding hydrogens is 853 g/mol. The van der Waals surface area contributed by atoms with Crippen molar-refractivity contribution in [3.05, 3.63) is 109 Å². The Morgan fingerprint density at radius 3 is 0.913 bits per heavy atom. The molecular formula is C63H104O6. The lowest BCUT2D eigenvalue weighted by atomic mass is 10.1. The first-order chi connectivity index (χ1) is 34.0. The maximum atomic E-state index is 12.8. The molecule has 0 aromatic carbocycles. The first kappa shape index (κ1) is 65.1. The summed E-state index contributed by atoms with van der Waals surface area (Å²) in [5.74, 6) is -0.942. The molecule has 0 N–H and O–H groups in total. The van der Waals surface area contributed by atoms with Gasteiger partial charge in [0.1, 0.15) is 13.2 Å². The third kappa shape index (κ3) is 54.9. The standard InChI is InChI=1S/C63H104O6/c1-4-7-10-13-16-19-22-25-26-27-28-29-30-31-32-33-34-35-36-39-41-44-47-50-53-56-62(65)68-59-60(69-63(66)57-54-51-48-45-42-38-24-21-18-15-12-9-6-3)58-67-61(64)55-52-49-46-43-40-37-23-20-17-14-11-8-5-2/h7,9-10,12,16,18-21,23,25-26,28-29,31-32,38,42,60H,4-6,8,11,13-15,17,22,24,27,30,33-37,39-41,43-59H2,1-3H3/b10-7-,12-9-,19-16-,21-18-,23-20-,26-25-,29-28-,32-31-,42-38-. The van der Waals surface area contributed by atoms with Crippen molar-refractivity contribution in [2.45, 2.75) is 258 Å². The molecule has 0 aliphatic carbocycles. The van der Waals surface area contributed by atoms with Crippen LogP contribution in [0.1, 0.15) is 252 Å². The van der Waals surface area contributed by atoms with Gasteiger partial charge in [-0.3, -0.25) is 14.4 Å². The van der Waals surface area contributed by atoms with Crippen LogP contribution in [0.4, 0.5) is 0 Å². The van der Waals surface area contributed by atoms with Crippen molar-refractivity contribution in [3.63, 3.8) is 0 Å². The van der Waals surface area contributed by atoms with Crippen molar-refractivity contribution >= 4 is 17.9 Å². The monoisotopic (exact) mass is 957 g/mol. The van der Waals surface area contributed by atoms with E-state index in [2.05, 4.69) is 130 Å². The minimum absolute atomic E-state index is 0.0970. The van der Waals surface area contributed by atoms with Crippen molar-refractivity contribution in [1.29, 1.82) is 0 Å². The highest BCUT2D eigenvalue weighted by atomic mass is 16.6.